The molecule has 0 bridgehead atoms. The van der Waals surface area contributed by atoms with Crippen LogP contribution in [0.4, 0.5) is 0 Å². The molecule has 2 aromatic rings. The van der Waals surface area contributed by atoms with Gasteiger partial charge in [0.05, 0.1) is 21.3 Å². The molecular weight excluding hydrogens is 385 g/mol. The SMILES string of the molecule is COc1cc(CNCCc2ccc(Cl)cc2Cl)cc(OC)c1OC.Cl. The van der Waals surface area contributed by atoms with E-state index in [2.05, 4.69) is 5.32 Å². The van der Waals surface area contributed by atoms with Crippen LogP contribution in [0.1, 0.15) is 11.1 Å². The van der Waals surface area contributed by atoms with Gasteiger partial charge in [-0.2, -0.15) is 0 Å². The summed E-state index contributed by atoms with van der Waals surface area (Å²) in [5.41, 5.74) is 2.12. The summed E-state index contributed by atoms with van der Waals surface area (Å²) in [5.74, 6) is 1.89. The van der Waals surface area contributed by atoms with Gasteiger partial charge in [-0.1, -0.05) is 29.3 Å². The second-order valence-electron chi connectivity index (χ2n) is 5.20. The van der Waals surface area contributed by atoms with Crippen molar-refractivity contribution in [2.24, 2.45) is 0 Å². The van der Waals surface area contributed by atoms with Crippen molar-refractivity contribution in [3.05, 3.63) is 51.5 Å². The molecule has 4 nitrogen and oxygen atoms in total. The molecule has 0 fully saturated rings. The molecule has 1 N–H and O–H groups in total. The number of hydrogen-bond acceptors (Lipinski definition) is 4. The first kappa shape index (κ1) is 21.7. The predicted octanol–water partition coefficient (Wildman–Crippen LogP) is 4.77. The van der Waals surface area contributed by atoms with Gasteiger partial charge in [-0.25, -0.2) is 0 Å². The highest BCUT2D eigenvalue weighted by molar-refractivity contribution is 6.35. The zero-order chi connectivity index (χ0) is 17.5. The van der Waals surface area contributed by atoms with Crippen LogP contribution < -0.4 is 19.5 Å². The Balaban J connectivity index is 0.00000312. The van der Waals surface area contributed by atoms with Crippen molar-refractivity contribution in [3.8, 4) is 17.2 Å². The summed E-state index contributed by atoms with van der Waals surface area (Å²) >= 11 is 12.1. The Morgan fingerprint density at radius 1 is 0.920 bits per heavy atom. The van der Waals surface area contributed by atoms with E-state index in [9.17, 15) is 0 Å². The van der Waals surface area contributed by atoms with Gasteiger partial charge in [0, 0.05) is 16.6 Å². The Kier molecular flexibility index (Phi) is 9.22. The summed E-state index contributed by atoms with van der Waals surface area (Å²) in [5, 5.41) is 4.73. The standard InChI is InChI=1S/C18H21Cl2NO3.ClH/c1-22-16-8-12(9-17(23-2)18(16)24-3)11-21-7-6-13-4-5-14(19)10-15(13)20;/h4-5,8-10,21H,6-7,11H2,1-3H3;1H. The first-order valence-electron chi connectivity index (χ1n) is 7.52. The van der Waals surface area contributed by atoms with Gasteiger partial charge in [0.25, 0.3) is 0 Å². The molecule has 0 aliphatic rings. The van der Waals surface area contributed by atoms with Crippen molar-refractivity contribution >= 4 is 35.6 Å². The van der Waals surface area contributed by atoms with Crippen molar-refractivity contribution in [2.45, 2.75) is 13.0 Å². The van der Waals surface area contributed by atoms with E-state index in [-0.39, 0.29) is 12.4 Å². The fraction of sp³-hybridized carbons (Fsp3) is 0.333. The molecule has 0 radical (unpaired) electrons. The molecule has 0 aliphatic carbocycles. The molecule has 2 aromatic carbocycles. The van der Waals surface area contributed by atoms with Gasteiger partial charge in [0.15, 0.2) is 11.5 Å². The van der Waals surface area contributed by atoms with Crippen LogP contribution >= 0.6 is 35.6 Å². The molecule has 2 rings (SSSR count). The van der Waals surface area contributed by atoms with Crippen LogP contribution in [0, 0.1) is 0 Å². The van der Waals surface area contributed by atoms with Crippen LogP contribution in [0.5, 0.6) is 17.2 Å². The van der Waals surface area contributed by atoms with E-state index in [0.29, 0.717) is 33.8 Å². The molecule has 7 heteroatoms. The first-order valence-corrected chi connectivity index (χ1v) is 8.28. The van der Waals surface area contributed by atoms with E-state index >= 15 is 0 Å². The molecule has 0 aromatic heterocycles. The minimum Gasteiger partial charge on any atom is -0.493 e. The van der Waals surface area contributed by atoms with Crippen LogP contribution in [0.15, 0.2) is 30.3 Å². The summed E-state index contributed by atoms with van der Waals surface area (Å²) in [4.78, 5) is 0. The maximum Gasteiger partial charge on any atom is 0.203 e. The number of ether oxygens (including phenoxy) is 3. The summed E-state index contributed by atoms with van der Waals surface area (Å²) in [6.07, 6.45) is 0.820. The molecule has 0 saturated heterocycles. The summed E-state index contributed by atoms with van der Waals surface area (Å²) in [6, 6.07) is 9.43. The summed E-state index contributed by atoms with van der Waals surface area (Å²) in [7, 11) is 4.81. The van der Waals surface area contributed by atoms with Crippen LogP contribution in [-0.4, -0.2) is 27.9 Å². The van der Waals surface area contributed by atoms with E-state index in [1.54, 1.807) is 27.4 Å². The molecule has 0 amide bonds. The topological polar surface area (TPSA) is 39.7 Å². The van der Waals surface area contributed by atoms with E-state index in [1.165, 1.54) is 0 Å². The molecular formula is C18H22Cl3NO3. The Labute approximate surface area is 164 Å². The maximum atomic E-state index is 6.18. The lowest BCUT2D eigenvalue weighted by Gasteiger charge is -2.14. The van der Waals surface area contributed by atoms with Gasteiger partial charge in [0.2, 0.25) is 5.75 Å². The first-order chi connectivity index (χ1) is 11.6. The third-order valence-corrected chi connectivity index (χ3v) is 4.23. The van der Waals surface area contributed by atoms with E-state index in [0.717, 1.165) is 24.1 Å². The second kappa shape index (κ2) is 10.6. The summed E-state index contributed by atoms with van der Waals surface area (Å²) in [6.45, 7) is 1.47. The smallest absolute Gasteiger partial charge is 0.203 e. The molecule has 0 saturated carbocycles. The van der Waals surface area contributed by atoms with Crippen LogP contribution in [0.25, 0.3) is 0 Å². The lowest BCUT2D eigenvalue weighted by atomic mass is 10.1. The highest BCUT2D eigenvalue weighted by Crippen LogP contribution is 2.38. The maximum absolute atomic E-state index is 6.18. The van der Waals surface area contributed by atoms with Gasteiger partial charge in [0.1, 0.15) is 0 Å². The molecule has 0 heterocycles. The average Bonchev–Trinajstić information content (AvgIpc) is 2.59. The highest BCUT2D eigenvalue weighted by Gasteiger charge is 2.12. The zero-order valence-electron chi connectivity index (χ0n) is 14.4. The fourth-order valence-electron chi connectivity index (χ4n) is 2.42. The minimum atomic E-state index is 0. The van der Waals surface area contributed by atoms with Gasteiger partial charge in [-0.3, -0.25) is 0 Å². The van der Waals surface area contributed by atoms with Gasteiger partial charge in [-0.05, 0) is 48.4 Å². The van der Waals surface area contributed by atoms with Gasteiger partial charge < -0.3 is 19.5 Å². The van der Waals surface area contributed by atoms with Crippen LogP contribution in [0.2, 0.25) is 10.0 Å². The fourth-order valence-corrected chi connectivity index (χ4v) is 2.92. The van der Waals surface area contributed by atoms with Crippen molar-refractivity contribution in [1.29, 1.82) is 0 Å². The predicted molar refractivity (Wildman–Crippen MR) is 105 cm³/mol. The van der Waals surface area contributed by atoms with Gasteiger partial charge >= 0.3 is 0 Å². The Hall–Kier alpha value is -1.33. The number of methoxy groups -OCH3 is 3. The monoisotopic (exact) mass is 405 g/mol. The molecule has 138 valence electrons. The van der Waals surface area contributed by atoms with Crippen molar-refractivity contribution in [2.75, 3.05) is 27.9 Å². The van der Waals surface area contributed by atoms with E-state index in [4.69, 9.17) is 37.4 Å². The largest absolute Gasteiger partial charge is 0.493 e. The van der Waals surface area contributed by atoms with Crippen molar-refractivity contribution in [1.82, 2.24) is 5.32 Å². The number of halogens is 3. The van der Waals surface area contributed by atoms with Crippen molar-refractivity contribution in [3.63, 3.8) is 0 Å². The molecule has 0 atom stereocenters. The van der Waals surface area contributed by atoms with Crippen molar-refractivity contribution < 1.29 is 14.2 Å². The third-order valence-electron chi connectivity index (χ3n) is 3.64. The van der Waals surface area contributed by atoms with E-state index < -0.39 is 0 Å². The average molecular weight is 407 g/mol. The minimum absolute atomic E-state index is 0. The number of nitrogens with one attached hydrogen (secondary N) is 1. The molecule has 0 spiro atoms. The third kappa shape index (κ3) is 5.86. The summed E-state index contributed by atoms with van der Waals surface area (Å²) < 4.78 is 16.0. The lowest BCUT2D eigenvalue weighted by Crippen LogP contribution is -2.17. The van der Waals surface area contributed by atoms with E-state index in [1.807, 2.05) is 24.3 Å². The van der Waals surface area contributed by atoms with Gasteiger partial charge in [-0.15, -0.1) is 12.4 Å². The molecule has 0 unspecified atom stereocenters. The number of hydrogen-bond donors (Lipinski definition) is 1. The Bertz CT molecular complexity index is 670. The van der Waals surface area contributed by atoms with Crippen LogP contribution in [-0.2, 0) is 13.0 Å². The quantitative estimate of drug-likeness (QED) is 0.641. The zero-order valence-corrected chi connectivity index (χ0v) is 16.7. The number of rotatable bonds is 8. The molecule has 0 aliphatic heterocycles. The van der Waals surface area contributed by atoms with Crippen LogP contribution in [0.3, 0.4) is 0 Å². The molecule has 25 heavy (non-hydrogen) atoms. The highest BCUT2D eigenvalue weighted by atomic mass is 35.5. The second-order valence-corrected chi connectivity index (χ2v) is 6.04. The normalized spacial score (nSPS) is 10.1. The Morgan fingerprint density at radius 3 is 2.08 bits per heavy atom. The lowest BCUT2D eigenvalue weighted by molar-refractivity contribution is 0.323. The Morgan fingerprint density at radius 2 is 1.56 bits per heavy atom. The number of benzene rings is 2.